The Morgan fingerprint density at radius 3 is 2.67 bits per heavy atom. The summed E-state index contributed by atoms with van der Waals surface area (Å²) in [5.74, 6) is 0.358. The molecular weight excluding hydrogens is 136 g/mol. The molecule has 0 aliphatic heterocycles. The van der Waals surface area contributed by atoms with Crippen LogP contribution >= 0.6 is 0 Å². The lowest BCUT2D eigenvalue weighted by atomic mass is 10.4. The molecule has 9 heavy (non-hydrogen) atoms. The standard InChI is InChI=1S/C6H12O2S/c1-2-3-4-5-6-9(7)8/h3-4H,2,5-6H2,1H3,(H,7,8). The van der Waals surface area contributed by atoms with Gasteiger partial charge in [0.05, 0.1) is 5.75 Å². The van der Waals surface area contributed by atoms with Crippen LogP contribution in [-0.2, 0) is 11.1 Å². The zero-order valence-electron chi connectivity index (χ0n) is 5.54. The summed E-state index contributed by atoms with van der Waals surface area (Å²) in [7, 11) is 0. The molecule has 0 amide bonds. The van der Waals surface area contributed by atoms with Crippen molar-refractivity contribution in [1.82, 2.24) is 0 Å². The van der Waals surface area contributed by atoms with E-state index in [1.165, 1.54) is 0 Å². The predicted octanol–water partition coefficient (Wildman–Crippen LogP) is 1.56. The minimum absolute atomic E-state index is 0.358. The Labute approximate surface area is 58.3 Å². The summed E-state index contributed by atoms with van der Waals surface area (Å²) in [5, 5.41) is 0. The lowest BCUT2D eigenvalue weighted by molar-refractivity contribution is 0.564. The predicted molar refractivity (Wildman–Crippen MR) is 39.7 cm³/mol. The molecule has 2 nitrogen and oxygen atoms in total. The average Bonchev–Trinajstić information content (AvgIpc) is 1.80. The number of hydrogen-bond acceptors (Lipinski definition) is 1. The summed E-state index contributed by atoms with van der Waals surface area (Å²) in [5.41, 5.74) is 0. The van der Waals surface area contributed by atoms with Gasteiger partial charge in [0.25, 0.3) is 0 Å². The van der Waals surface area contributed by atoms with Crippen LogP contribution in [0.2, 0.25) is 0 Å². The first-order chi connectivity index (χ1) is 4.27. The van der Waals surface area contributed by atoms with Crippen molar-refractivity contribution in [2.75, 3.05) is 5.75 Å². The van der Waals surface area contributed by atoms with E-state index in [0.29, 0.717) is 12.2 Å². The highest BCUT2D eigenvalue weighted by Gasteiger charge is 1.86. The zero-order valence-corrected chi connectivity index (χ0v) is 6.36. The lowest BCUT2D eigenvalue weighted by Crippen LogP contribution is -1.91. The summed E-state index contributed by atoms with van der Waals surface area (Å²) in [4.78, 5) is 0. The molecule has 3 heteroatoms. The largest absolute Gasteiger partial charge is 0.306 e. The third-order valence-electron chi connectivity index (χ3n) is 0.862. The molecule has 0 aromatic heterocycles. The van der Waals surface area contributed by atoms with Gasteiger partial charge in [-0.05, 0) is 12.8 Å². The molecule has 0 saturated heterocycles. The molecule has 1 unspecified atom stereocenters. The van der Waals surface area contributed by atoms with Crippen LogP contribution in [0.1, 0.15) is 19.8 Å². The first-order valence-electron chi connectivity index (χ1n) is 2.99. The Kier molecular flexibility index (Phi) is 5.88. The molecule has 0 aliphatic carbocycles. The molecule has 0 aliphatic rings. The van der Waals surface area contributed by atoms with Crippen LogP contribution in [0.4, 0.5) is 0 Å². The van der Waals surface area contributed by atoms with E-state index in [4.69, 9.17) is 4.55 Å². The first kappa shape index (κ1) is 8.85. The molecule has 1 N–H and O–H groups in total. The fourth-order valence-electron chi connectivity index (χ4n) is 0.453. The summed E-state index contributed by atoms with van der Waals surface area (Å²) in [6.07, 6.45) is 5.62. The van der Waals surface area contributed by atoms with Crippen molar-refractivity contribution >= 4 is 11.1 Å². The van der Waals surface area contributed by atoms with Crippen LogP contribution in [0.25, 0.3) is 0 Å². The molecule has 0 aromatic carbocycles. The topological polar surface area (TPSA) is 37.3 Å². The molecule has 54 valence electrons. The maximum absolute atomic E-state index is 10.0. The maximum atomic E-state index is 10.0. The van der Waals surface area contributed by atoms with E-state index in [1.54, 1.807) is 0 Å². The molecule has 0 radical (unpaired) electrons. The monoisotopic (exact) mass is 148 g/mol. The minimum atomic E-state index is -1.62. The molecule has 0 aromatic rings. The fourth-order valence-corrected chi connectivity index (χ4v) is 0.791. The summed E-state index contributed by atoms with van der Waals surface area (Å²) >= 11 is -1.62. The molecule has 0 fully saturated rings. The molecule has 0 spiro atoms. The smallest absolute Gasteiger partial charge is 0.153 e. The van der Waals surface area contributed by atoms with Gasteiger partial charge in [-0.1, -0.05) is 19.1 Å². The maximum Gasteiger partial charge on any atom is 0.153 e. The van der Waals surface area contributed by atoms with Gasteiger partial charge in [0.1, 0.15) is 0 Å². The Morgan fingerprint density at radius 1 is 1.56 bits per heavy atom. The van der Waals surface area contributed by atoms with E-state index >= 15 is 0 Å². The van der Waals surface area contributed by atoms with Crippen LogP contribution in [0.15, 0.2) is 12.2 Å². The molecule has 0 bridgehead atoms. The van der Waals surface area contributed by atoms with Crippen molar-refractivity contribution in [3.63, 3.8) is 0 Å². The van der Waals surface area contributed by atoms with Gasteiger partial charge in [0.2, 0.25) is 0 Å². The summed E-state index contributed by atoms with van der Waals surface area (Å²) in [6.45, 7) is 2.03. The second-order valence-corrected chi connectivity index (χ2v) is 2.75. The Morgan fingerprint density at radius 2 is 2.22 bits per heavy atom. The van der Waals surface area contributed by atoms with Crippen molar-refractivity contribution in [3.8, 4) is 0 Å². The third-order valence-corrected chi connectivity index (χ3v) is 1.45. The number of hydrogen-bond donors (Lipinski definition) is 1. The fraction of sp³-hybridized carbons (Fsp3) is 0.667. The van der Waals surface area contributed by atoms with E-state index < -0.39 is 11.1 Å². The van der Waals surface area contributed by atoms with Gasteiger partial charge in [-0.15, -0.1) is 0 Å². The number of rotatable bonds is 4. The molecular formula is C6H12O2S. The van der Waals surface area contributed by atoms with Crippen LogP contribution in [-0.4, -0.2) is 14.5 Å². The SMILES string of the molecule is CCC=CCCS(=O)O. The quantitative estimate of drug-likeness (QED) is 0.485. The van der Waals surface area contributed by atoms with Crippen molar-refractivity contribution in [1.29, 1.82) is 0 Å². The van der Waals surface area contributed by atoms with Crippen LogP contribution in [0, 0.1) is 0 Å². The van der Waals surface area contributed by atoms with Gasteiger partial charge in [-0.3, -0.25) is 0 Å². The Hall–Kier alpha value is -0.150. The van der Waals surface area contributed by atoms with E-state index in [9.17, 15) is 4.21 Å². The summed E-state index contributed by atoms with van der Waals surface area (Å²) < 4.78 is 18.3. The van der Waals surface area contributed by atoms with Gasteiger partial charge < -0.3 is 4.55 Å². The third kappa shape index (κ3) is 7.85. The lowest BCUT2D eigenvalue weighted by Gasteiger charge is -1.86. The second kappa shape index (κ2) is 5.98. The van der Waals surface area contributed by atoms with Gasteiger partial charge in [0, 0.05) is 0 Å². The van der Waals surface area contributed by atoms with Crippen LogP contribution < -0.4 is 0 Å². The first-order valence-corrected chi connectivity index (χ1v) is 4.27. The second-order valence-electron chi connectivity index (χ2n) is 1.69. The average molecular weight is 148 g/mol. The Balaban J connectivity index is 3.09. The van der Waals surface area contributed by atoms with E-state index in [1.807, 2.05) is 19.1 Å². The van der Waals surface area contributed by atoms with Gasteiger partial charge in [-0.2, -0.15) is 0 Å². The highest BCUT2D eigenvalue weighted by Crippen LogP contribution is 1.87. The zero-order chi connectivity index (χ0) is 7.11. The minimum Gasteiger partial charge on any atom is -0.306 e. The molecule has 1 atom stereocenters. The number of allylic oxidation sites excluding steroid dienone is 2. The van der Waals surface area contributed by atoms with Gasteiger partial charge in [-0.25, -0.2) is 4.21 Å². The van der Waals surface area contributed by atoms with Crippen molar-refractivity contribution in [2.24, 2.45) is 0 Å². The van der Waals surface area contributed by atoms with Gasteiger partial charge >= 0.3 is 0 Å². The van der Waals surface area contributed by atoms with Crippen molar-refractivity contribution < 1.29 is 8.76 Å². The van der Waals surface area contributed by atoms with Crippen LogP contribution in [0.3, 0.4) is 0 Å². The normalized spacial score (nSPS) is 14.4. The van der Waals surface area contributed by atoms with E-state index in [0.717, 1.165) is 6.42 Å². The highest BCUT2D eigenvalue weighted by atomic mass is 32.2. The van der Waals surface area contributed by atoms with Crippen LogP contribution in [0.5, 0.6) is 0 Å². The summed E-state index contributed by atoms with van der Waals surface area (Å²) in [6, 6.07) is 0. The Bertz CT molecular complexity index is 110. The molecule has 0 heterocycles. The van der Waals surface area contributed by atoms with Gasteiger partial charge in [0.15, 0.2) is 11.1 Å². The molecule has 0 rings (SSSR count). The highest BCUT2D eigenvalue weighted by molar-refractivity contribution is 7.79. The van der Waals surface area contributed by atoms with Crippen molar-refractivity contribution in [2.45, 2.75) is 19.8 Å². The molecule has 0 saturated carbocycles. The van der Waals surface area contributed by atoms with E-state index in [-0.39, 0.29) is 0 Å². The van der Waals surface area contributed by atoms with Crippen molar-refractivity contribution in [3.05, 3.63) is 12.2 Å². The van der Waals surface area contributed by atoms with E-state index in [2.05, 4.69) is 0 Å².